The molecule has 2 N–H and O–H groups in total. The lowest BCUT2D eigenvalue weighted by molar-refractivity contribution is -0.152. The summed E-state index contributed by atoms with van der Waals surface area (Å²) >= 11 is 6.19. The van der Waals surface area contributed by atoms with Gasteiger partial charge in [-0.1, -0.05) is 17.7 Å². The maximum absolute atomic E-state index is 13.0. The molecule has 7 heteroatoms. The van der Waals surface area contributed by atoms with Crippen molar-refractivity contribution in [3.8, 4) is 11.5 Å². The maximum Gasteiger partial charge on any atom is 0.244 e. The van der Waals surface area contributed by atoms with Crippen molar-refractivity contribution in [2.45, 2.75) is 51.0 Å². The van der Waals surface area contributed by atoms with Gasteiger partial charge in [-0.3, -0.25) is 15.6 Å². The first-order valence-electron chi connectivity index (χ1n) is 9.97. The number of rotatable bonds is 6. The minimum absolute atomic E-state index is 0.0115. The number of ether oxygens (including phenoxy) is 2. The van der Waals surface area contributed by atoms with Crippen molar-refractivity contribution in [2.24, 2.45) is 5.41 Å². The van der Waals surface area contributed by atoms with Crippen molar-refractivity contribution in [2.75, 3.05) is 12.5 Å². The van der Waals surface area contributed by atoms with Gasteiger partial charge in [-0.25, -0.2) is 4.98 Å². The molecule has 0 atom stereocenters. The number of aromatic nitrogens is 1. The van der Waals surface area contributed by atoms with Gasteiger partial charge in [0.05, 0.1) is 11.0 Å². The summed E-state index contributed by atoms with van der Waals surface area (Å²) in [5, 5.41) is 0.634. The van der Waals surface area contributed by atoms with E-state index < -0.39 is 0 Å². The predicted molar refractivity (Wildman–Crippen MR) is 112 cm³/mol. The zero-order valence-electron chi connectivity index (χ0n) is 16.8. The van der Waals surface area contributed by atoms with Crippen LogP contribution in [0, 0.1) is 12.3 Å². The molecule has 29 heavy (non-hydrogen) atoms. The number of amides is 1. The van der Waals surface area contributed by atoms with Gasteiger partial charge in [0.1, 0.15) is 5.75 Å². The Labute approximate surface area is 175 Å². The van der Waals surface area contributed by atoms with E-state index in [1.807, 2.05) is 25.1 Å². The molecule has 0 aliphatic heterocycles. The third-order valence-corrected chi connectivity index (χ3v) is 7.00. The number of anilines is 1. The minimum atomic E-state index is -0.327. The van der Waals surface area contributed by atoms with Crippen molar-refractivity contribution in [3.05, 3.63) is 47.1 Å². The van der Waals surface area contributed by atoms with E-state index in [0.29, 0.717) is 22.3 Å². The summed E-state index contributed by atoms with van der Waals surface area (Å²) in [6.45, 7) is 1.90. The van der Waals surface area contributed by atoms with E-state index in [9.17, 15) is 4.79 Å². The summed E-state index contributed by atoms with van der Waals surface area (Å²) in [6, 6.07) is 9.09. The number of methoxy groups -OCH3 is 1. The van der Waals surface area contributed by atoms with Crippen LogP contribution in [-0.4, -0.2) is 23.6 Å². The Morgan fingerprint density at radius 2 is 1.76 bits per heavy atom. The molecule has 3 aliphatic carbocycles. The molecule has 0 radical (unpaired) electrons. The molecule has 1 aromatic carbocycles. The van der Waals surface area contributed by atoms with Gasteiger partial charge in [0.15, 0.2) is 11.6 Å². The van der Waals surface area contributed by atoms with Crippen molar-refractivity contribution in [1.29, 1.82) is 0 Å². The molecule has 2 aromatic rings. The third kappa shape index (κ3) is 3.79. The highest BCUT2D eigenvalue weighted by Crippen LogP contribution is 2.53. The van der Waals surface area contributed by atoms with E-state index in [4.69, 9.17) is 21.1 Å². The highest BCUT2D eigenvalue weighted by atomic mass is 35.5. The fourth-order valence-corrected chi connectivity index (χ4v) is 4.60. The average molecular weight is 416 g/mol. The third-order valence-electron chi connectivity index (χ3n) is 6.60. The molecule has 154 valence electrons. The number of nitrogens with zero attached hydrogens (tertiary/aromatic N) is 1. The number of hydrazine groups is 1. The van der Waals surface area contributed by atoms with Crippen LogP contribution in [0.15, 0.2) is 36.5 Å². The quantitative estimate of drug-likeness (QED) is 0.648. The van der Waals surface area contributed by atoms with Crippen LogP contribution in [0.5, 0.6) is 11.5 Å². The summed E-state index contributed by atoms with van der Waals surface area (Å²) in [7, 11) is 1.78. The molecule has 1 amide bonds. The monoisotopic (exact) mass is 415 g/mol. The van der Waals surface area contributed by atoms with Crippen molar-refractivity contribution >= 4 is 23.3 Å². The highest BCUT2D eigenvalue weighted by molar-refractivity contribution is 6.31. The predicted octanol–water partition coefficient (Wildman–Crippen LogP) is 5.02. The van der Waals surface area contributed by atoms with Crippen molar-refractivity contribution in [1.82, 2.24) is 10.4 Å². The minimum Gasteiger partial charge on any atom is -0.453 e. The Balaban J connectivity index is 1.44. The topological polar surface area (TPSA) is 72.5 Å². The summed E-state index contributed by atoms with van der Waals surface area (Å²) < 4.78 is 11.7. The zero-order valence-corrected chi connectivity index (χ0v) is 17.5. The van der Waals surface area contributed by atoms with Gasteiger partial charge in [0, 0.05) is 23.9 Å². The van der Waals surface area contributed by atoms with Crippen molar-refractivity contribution in [3.63, 3.8) is 0 Å². The highest BCUT2D eigenvalue weighted by Gasteiger charge is 2.52. The number of fused-ring (bicyclic) bond motifs is 3. The van der Waals surface area contributed by atoms with Crippen LogP contribution < -0.4 is 15.6 Å². The van der Waals surface area contributed by atoms with E-state index in [-0.39, 0.29) is 16.9 Å². The molecule has 2 bridgehead atoms. The Morgan fingerprint density at radius 1 is 1.07 bits per heavy atom. The van der Waals surface area contributed by atoms with E-state index >= 15 is 0 Å². The van der Waals surface area contributed by atoms with Gasteiger partial charge >= 0.3 is 0 Å². The largest absolute Gasteiger partial charge is 0.453 e. The Hall–Kier alpha value is -2.31. The van der Waals surface area contributed by atoms with Crippen LogP contribution >= 0.6 is 11.6 Å². The second kappa shape index (κ2) is 7.84. The van der Waals surface area contributed by atoms with Crippen LogP contribution in [-0.2, 0) is 9.53 Å². The number of carbonyl (C=O) groups is 1. The first-order chi connectivity index (χ1) is 14.0. The number of hydrogen-bond donors (Lipinski definition) is 2. The molecular weight excluding hydrogens is 390 g/mol. The Kier molecular flexibility index (Phi) is 5.40. The standard InChI is InChI=1S/C22H26ClN3O3/c1-15-16(23)5-3-6-17(15)29-18-7-4-14-24-19(18)25-26-20(27)21-8-11-22(28-2,12-9-21)13-10-21/h3-7,14H,8-13H2,1-2H3,(H,24,25)(H,26,27). The van der Waals surface area contributed by atoms with E-state index in [0.717, 1.165) is 44.1 Å². The smallest absolute Gasteiger partial charge is 0.244 e. The van der Waals surface area contributed by atoms with Crippen LogP contribution in [0.3, 0.4) is 0 Å². The summed E-state index contributed by atoms with van der Waals surface area (Å²) in [6.07, 6.45) is 7.00. The molecule has 1 aromatic heterocycles. The molecule has 3 aliphatic rings. The second-order valence-electron chi connectivity index (χ2n) is 8.06. The average Bonchev–Trinajstić information content (AvgIpc) is 2.77. The van der Waals surface area contributed by atoms with Crippen LogP contribution in [0.4, 0.5) is 5.82 Å². The van der Waals surface area contributed by atoms with Gasteiger partial charge in [-0.2, -0.15) is 0 Å². The normalized spacial score (nSPS) is 25.5. The molecular formula is C22H26ClN3O3. The van der Waals surface area contributed by atoms with E-state index in [1.54, 1.807) is 25.4 Å². The Bertz CT molecular complexity index is 893. The summed E-state index contributed by atoms with van der Waals surface area (Å²) in [4.78, 5) is 17.3. The van der Waals surface area contributed by atoms with E-state index in [1.165, 1.54) is 0 Å². The Morgan fingerprint density at radius 3 is 2.45 bits per heavy atom. The van der Waals surface area contributed by atoms with Crippen LogP contribution in [0.25, 0.3) is 0 Å². The lowest BCUT2D eigenvalue weighted by Crippen LogP contribution is -2.54. The van der Waals surface area contributed by atoms with Gasteiger partial charge in [-0.05, 0) is 69.7 Å². The number of carbonyl (C=O) groups excluding carboxylic acids is 1. The molecule has 0 saturated heterocycles. The molecule has 5 rings (SSSR count). The fourth-order valence-electron chi connectivity index (χ4n) is 4.43. The molecule has 3 fully saturated rings. The van der Waals surface area contributed by atoms with Crippen LogP contribution in [0.1, 0.15) is 44.1 Å². The van der Waals surface area contributed by atoms with Gasteiger partial charge in [0.2, 0.25) is 5.91 Å². The maximum atomic E-state index is 13.0. The molecule has 1 heterocycles. The first-order valence-corrected chi connectivity index (χ1v) is 10.3. The van der Waals surface area contributed by atoms with Crippen molar-refractivity contribution < 1.29 is 14.3 Å². The molecule has 0 unspecified atom stereocenters. The summed E-state index contributed by atoms with van der Waals surface area (Å²) in [5.41, 5.74) is 6.33. The number of hydrogen-bond acceptors (Lipinski definition) is 5. The molecule has 3 saturated carbocycles. The summed E-state index contributed by atoms with van der Waals surface area (Å²) in [5.74, 6) is 1.63. The van der Waals surface area contributed by atoms with Gasteiger partial charge < -0.3 is 9.47 Å². The molecule has 6 nitrogen and oxygen atoms in total. The van der Waals surface area contributed by atoms with E-state index in [2.05, 4.69) is 15.8 Å². The second-order valence-corrected chi connectivity index (χ2v) is 8.47. The van der Waals surface area contributed by atoms with Gasteiger partial charge in [0.25, 0.3) is 0 Å². The lowest BCUT2D eigenvalue weighted by atomic mass is 9.58. The number of nitrogens with one attached hydrogen (secondary N) is 2. The first kappa shape index (κ1) is 20.0. The lowest BCUT2D eigenvalue weighted by Gasteiger charge is -2.51. The number of benzene rings is 1. The number of halogens is 1. The fraction of sp³-hybridized carbons (Fsp3) is 0.455. The molecule has 0 spiro atoms. The van der Waals surface area contributed by atoms with Gasteiger partial charge in [-0.15, -0.1) is 0 Å². The SMILES string of the molecule is COC12CCC(C(=O)NNc3ncccc3Oc3cccc(Cl)c3C)(CC1)CC2. The van der Waals surface area contributed by atoms with Crippen LogP contribution in [0.2, 0.25) is 5.02 Å². The number of pyridine rings is 1. The zero-order chi connectivity index (χ0) is 20.5.